The molecular formula is C29H54N2O10P-. The van der Waals surface area contributed by atoms with Crippen LogP contribution in [0, 0.1) is 18.0 Å². The van der Waals surface area contributed by atoms with E-state index in [1.807, 2.05) is 11.8 Å². The van der Waals surface area contributed by atoms with Crippen LogP contribution in [0.3, 0.4) is 0 Å². The third kappa shape index (κ3) is 12.1. The Labute approximate surface area is 251 Å². The van der Waals surface area contributed by atoms with Crippen LogP contribution in [0.2, 0.25) is 0 Å². The monoisotopic (exact) mass is 621 g/mol. The van der Waals surface area contributed by atoms with Gasteiger partial charge in [0, 0.05) is 64.6 Å². The minimum atomic E-state index is -3.33. The number of aliphatic hydroxyl groups excluding tert-OH is 2. The third-order valence-electron chi connectivity index (χ3n) is 8.35. The SMILES string of the molecule is [CH2-]P(=O)(OC)OCC1(COC)CCN(C(=O)CCCCCNC(=O)CCCCO[C@@H]2O[C@H](CC)[C@H](O)[C@H](O)[C@H]2C)CC1. The maximum atomic E-state index is 12.7. The average Bonchev–Trinajstić information content (AvgIpc) is 2.98. The summed E-state index contributed by atoms with van der Waals surface area (Å²) in [7, 11) is -0.401. The summed E-state index contributed by atoms with van der Waals surface area (Å²) >= 11 is 0. The normalized spacial score (nSPS) is 27.4. The summed E-state index contributed by atoms with van der Waals surface area (Å²) in [6.07, 6.45) is 3.84. The molecule has 246 valence electrons. The molecule has 12 nitrogen and oxygen atoms in total. The van der Waals surface area contributed by atoms with Gasteiger partial charge in [0.15, 0.2) is 13.9 Å². The molecule has 6 atom stereocenters. The first kappa shape index (κ1) is 37.1. The molecule has 0 aromatic heterocycles. The van der Waals surface area contributed by atoms with E-state index in [0.29, 0.717) is 77.8 Å². The van der Waals surface area contributed by atoms with E-state index in [9.17, 15) is 24.4 Å². The molecule has 3 N–H and O–H groups in total. The van der Waals surface area contributed by atoms with Crippen LogP contribution in [-0.2, 0) is 37.4 Å². The van der Waals surface area contributed by atoms with Gasteiger partial charge in [0.05, 0.1) is 25.4 Å². The van der Waals surface area contributed by atoms with Gasteiger partial charge in [-0.2, -0.15) is 0 Å². The van der Waals surface area contributed by atoms with E-state index < -0.39 is 32.2 Å². The lowest BCUT2D eigenvalue weighted by molar-refractivity contribution is -0.277. The van der Waals surface area contributed by atoms with Crippen molar-refractivity contribution < 1.29 is 47.6 Å². The van der Waals surface area contributed by atoms with Gasteiger partial charge in [-0.1, -0.05) is 20.3 Å². The molecule has 0 aromatic rings. The van der Waals surface area contributed by atoms with Gasteiger partial charge in [-0.25, -0.2) is 6.66 Å². The van der Waals surface area contributed by atoms with Crippen molar-refractivity contribution in [3.05, 3.63) is 6.66 Å². The Balaban J connectivity index is 1.52. The van der Waals surface area contributed by atoms with Crippen molar-refractivity contribution >= 4 is 19.4 Å². The Kier molecular flexibility index (Phi) is 16.5. The van der Waals surface area contributed by atoms with Crippen molar-refractivity contribution in [2.45, 2.75) is 103 Å². The number of carbonyl (C=O) groups excluding carboxylic acids is 2. The molecule has 2 aliphatic rings. The minimum Gasteiger partial charge on any atom is -0.390 e. The van der Waals surface area contributed by atoms with Crippen molar-refractivity contribution in [1.29, 1.82) is 0 Å². The number of unbranched alkanes of at least 4 members (excludes halogenated alkanes) is 3. The standard InChI is InChI=1S/C29H54N2O10P/c1-6-23-27(35)26(34)22(2)28(41-23)39-19-11-9-12-24(32)30-16-10-7-8-13-25(33)31-17-14-29(15-18-31,20-37-3)21-40-42(5,36)38-4/h22-23,26-28,34-35H,5-21H2,1-4H3,(H,30,32)/q-1/t22-,23-,26-,27+,28-,42?/m1/s1. The fourth-order valence-electron chi connectivity index (χ4n) is 5.39. The third-order valence-corrected chi connectivity index (χ3v) is 9.43. The highest BCUT2D eigenvalue weighted by Gasteiger charge is 2.42. The molecule has 0 aliphatic carbocycles. The van der Waals surface area contributed by atoms with Gasteiger partial charge in [-0.15, -0.1) is 0 Å². The number of hydrogen-bond donors (Lipinski definition) is 3. The highest BCUT2D eigenvalue weighted by atomic mass is 31.2. The molecule has 0 aromatic carbocycles. The molecule has 42 heavy (non-hydrogen) atoms. The Morgan fingerprint density at radius 1 is 1.05 bits per heavy atom. The van der Waals surface area contributed by atoms with Crippen LogP contribution >= 0.6 is 7.60 Å². The molecule has 2 aliphatic heterocycles. The minimum absolute atomic E-state index is 0.00417. The number of piperidine rings is 1. The van der Waals surface area contributed by atoms with Gasteiger partial charge >= 0.3 is 0 Å². The fraction of sp³-hybridized carbons (Fsp3) is 0.897. The molecule has 0 radical (unpaired) electrons. The van der Waals surface area contributed by atoms with Crippen molar-refractivity contribution in [1.82, 2.24) is 10.2 Å². The first-order valence-electron chi connectivity index (χ1n) is 15.3. The van der Waals surface area contributed by atoms with Crippen LogP contribution in [0.25, 0.3) is 0 Å². The summed E-state index contributed by atoms with van der Waals surface area (Å²) in [5.74, 6) is -0.211. The number of methoxy groups -OCH3 is 1. The number of amides is 2. The van der Waals surface area contributed by atoms with Crippen LogP contribution in [0.1, 0.15) is 78.1 Å². The van der Waals surface area contributed by atoms with Crippen LogP contribution in [0.15, 0.2) is 0 Å². The van der Waals surface area contributed by atoms with Crippen molar-refractivity contribution in [3.63, 3.8) is 0 Å². The maximum absolute atomic E-state index is 12.7. The highest BCUT2D eigenvalue weighted by molar-refractivity contribution is 7.55. The van der Waals surface area contributed by atoms with Crippen LogP contribution in [-0.4, -0.2) is 105 Å². The zero-order valence-corrected chi connectivity index (χ0v) is 26.9. The molecule has 2 amide bonds. The molecule has 13 heteroatoms. The first-order chi connectivity index (χ1) is 20.0. The second-order valence-corrected chi connectivity index (χ2v) is 13.5. The Morgan fingerprint density at radius 2 is 1.74 bits per heavy atom. The summed E-state index contributed by atoms with van der Waals surface area (Å²) in [6, 6.07) is 0. The summed E-state index contributed by atoms with van der Waals surface area (Å²) in [6.45, 7) is 10.0. The van der Waals surface area contributed by atoms with E-state index in [-0.39, 0.29) is 29.8 Å². The number of nitrogens with one attached hydrogen (secondary N) is 1. The van der Waals surface area contributed by atoms with Crippen molar-refractivity contribution in [2.75, 3.05) is 53.7 Å². The quantitative estimate of drug-likeness (QED) is 0.111. The lowest BCUT2D eigenvalue weighted by Gasteiger charge is -2.42. The number of likely N-dealkylation sites (tertiary alicyclic amines) is 1. The van der Waals surface area contributed by atoms with Gasteiger partial charge in [0.2, 0.25) is 11.8 Å². The summed E-state index contributed by atoms with van der Waals surface area (Å²) in [5.41, 5.74) is -0.322. The molecule has 2 fully saturated rings. The summed E-state index contributed by atoms with van der Waals surface area (Å²) < 4.78 is 39.2. The Morgan fingerprint density at radius 3 is 2.38 bits per heavy atom. The predicted molar refractivity (Wildman–Crippen MR) is 157 cm³/mol. The van der Waals surface area contributed by atoms with E-state index >= 15 is 0 Å². The predicted octanol–water partition coefficient (Wildman–Crippen LogP) is 3.25. The van der Waals surface area contributed by atoms with E-state index in [0.717, 1.165) is 19.3 Å². The number of rotatable bonds is 19. The Hall–Kier alpha value is -1.11. The molecule has 1 unspecified atom stereocenters. The second kappa shape index (κ2) is 18.6. The second-order valence-electron chi connectivity index (χ2n) is 11.7. The lowest BCUT2D eigenvalue weighted by Crippen LogP contribution is -2.54. The highest BCUT2D eigenvalue weighted by Crippen LogP contribution is 2.48. The maximum Gasteiger partial charge on any atom is 0.222 e. The number of nitrogens with zero attached hydrogens (tertiary/aromatic N) is 1. The fourth-order valence-corrected chi connectivity index (χ4v) is 5.97. The smallest absolute Gasteiger partial charge is 0.222 e. The van der Waals surface area contributed by atoms with E-state index in [1.54, 1.807) is 14.0 Å². The first-order valence-corrected chi connectivity index (χ1v) is 17.0. The zero-order valence-electron chi connectivity index (χ0n) is 26.0. The topological polar surface area (TPSA) is 153 Å². The number of carbonyl (C=O) groups is 2. The summed E-state index contributed by atoms with van der Waals surface area (Å²) in [5, 5.41) is 23.2. The number of hydrogen-bond acceptors (Lipinski definition) is 10. The van der Waals surface area contributed by atoms with E-state index in [1.165, 1.54) is 7.11 Å². The van der Waals surface area contributed by atoms with Gasteiger partial charge in [-0.3, -0.25) is 14.2 Å². The van der Waals surface area contributed by atoms with E-state index in [4.69, 9.17) is 23.3 Å². The largest absolute Gasteiger partial charge is 0.390 e. The van der Waals surface area contributed by atoms with Gasteiger partial charge < -0.3 is 43.7 Å². The molecule has 2 saturated heterocycles. The summed E-state index contributed by atoms with van der Waals surface area (Å²) in [4.78, 5) is 26.7. The molecule has 0 spiro atoms. The van der Waals surface area contributed by atoms with Gasteiger partial charge in [0.25, 0.3) is 0 Å². The van der Waals surface area contributed by atoms with Crippen molar-refractivity contribution in [2.24, 2.45) is 11.3 Å². The Bertz CT molecular complexity index is 852. The molecular weight excluding hydrogens is 567 g/mol. The number of ether oxygens (including phenoxy) is 3. The van der Waals surface area contributed by atoms with Crippen molar-refractivity contribution in [3.8, 4) is 0 Å². The number of aliphatic hydroxyl groups is 2. The molecule has 0 saturated carbocycles. The molecule has 2 heterocycles. The molecule has 0 bridgehead atoms. The van der Waals surface area contributed by atoms with Crippen LogP contribution in [0.4, 0.5) is 0 Å². The van der Waals surface area contributed by atoms with Gasteiger partial charge in [0.1, 0.15) is 6.10 Å². The molecule has 2 rings (SSSR count). The van der Waals surface area contributed by atoms with E-state index in [2.05, 4.69) is 12.0 Å². The zero-order chi connectivity index (χ0) is 31.2. The van der Waals surface area contributed by atoms with Gasteiger partial charge in [-0.05, 0) is 44.9 Å². The van der Waals surface area contributed by atoms with Crippen LogP contribution < -0.4 is 5.32 Å². The average molecular weight is 622 g/mol. The van der Waals surface area contributed by atoms with Crippen LogP contribution in [0.5, 0.6) is 0 Å². The lowest BCUT2D eigenvalue weighted by atomic mass is 9.80.